The summed E-state index contributed by atoms with van der Waals surface area (Å²) in [7, 11) is 0. The number of nitrogens with two attached hydrogens (primary N) is 1. The second-order valence-corrected chi connectivity index (χ2v) is 3.46. The fourth-order valence-electron chi connectivity index (χ4n) is 1.62. The van der Waals surface area contributed by atoms with Crippen molar-refractivity contribution in [1.29, 1.82) is 0 Å². The van der Waals surface area contributed by atoms with Crippen LogP contribution in [0.1, 0.15) is 12.0 Å². The van der Waals surface area contributed by atoms with E-state index in [9.17, 15) is 9.59 Å². The van der Waals surface area contributed by atoms with E-state index in [4.69, 9.17) is 5.73 Å². The van der Waals surface area contributed by atoms with Crippen molar-refractivity contribution in [3.63, 3.8) is 0 Å². The number of amides is 3. The van der Waals surface area contributed by atoms with E-state index in [1.54, 1.807) is 18.5 Å². The number of aromatic nitrogens is 1. The molecule has 0 atom stereocenters. The third kappa shape index (κ3) is 1.87. The van der Waals surface area contributed by atoms with E-state index in [1.165, 1.54) is 4.90 Å². The molecule has 1 aliphatic heterocycles. The monoisotopic (exact) mass is 220 g/mol. The molecule has 6 heteroatoms. The van der Waals surface area contributed by atoms with Gasteiger partial charge < -0.3 is 5.73 Å². The first-order valence-corrected chi connectivity index (χ1v) is 4.96. The van der Waals surface area contributed by atoms with Gasteiger partial charge in [-0.3, -0.25) is 20.0 Å². The van der Waals surface area contributed by atoms with Crippen LogP contribution in [0.5, 0.6) is 0 Å². The van der Waals surface area contributed by atoms with Gasteiger partial charge in [-0.05, 0) is 11.6 Å². The highest BCUT2D eigenvalue weighted by atomic mass is 16.2. The zero-order valence-electron chi connectivity index (χ0n) is 8.64. The standard InChI is InChI=1S/C10H12N4O2/c11-5-7-1-3-12-6-8(7)14-4-2-9(15)13-10(14)16/h1,3,6H,2,4-5,11H2,(H,13,15,16). The summed E-state index contributed by atoms with van der Waals surface area (Å²) in [4.78, 5) is 28.0. The molecule has 1 saturated heterocycles. The normalized spacial score (nSPS) is 16.2. The third-order valence-electron chi connectivity index (χ3n) is 2.45. The van der Waals surface area contributed by atoms with Crippen molar-refractivity contribution in [2.75, 3.05) is 11.4 Å². The lowest BCUT2D eigenvalue weighted by atomic mass is 10.2. The molecule has 2 heterocycles. The number of urea groups is 1. The molecule has 0 spiro atoms. The van der Waals surface area contributed by atoms with E-state index in [0.29, 0.717) is 25.2 Å². The lowest BCUT2D eigenvalue weighted by Crippen LogP contribution is -2.50. The van der Waals surface area contributed by atoms with Gasteiger partial charge in [0.2, 0.25) is 5.91 Å². The first-order chi connectivity index (χ1) is 7.72. The number of hydrogen-bond donors (Lipinski definition) is 2. The van der Waals surface area contributed by atoms with Crippen LogP contribution in [0.3, 0.4) is 0 Å². The number of hydrogen-bond acceptors (Lipinski definition) is 4. The SMILES string of the molecule is NCc1ccncc1N1CCC(=O)NC1=O. The molecule has 0 saturated carbocycles. The topological polar surface area (TPSA) is 88.3 Å². The minimum absolute atomic E-state index is 0.251. The number of nitrogens with one attached hydrogen (secondary N) is 1. The Balaban J connectivity index is 2.30. The van der Waals surface area contributed by atoms with Crippen LogP contribution in [-0.2, 0) is 11.3 Å². The molecule has 84 valence electrons. The summed E-state index contributed by atoms with van der Waals surface area (Å²) >= 11 is 0. The third-order valence-corrected chi connectivity index (χ3v) is 2.45. The first-order valence-electron chi connectivity index (χ1n) is 4.96. The predicted octanol–water partition coefficient (Wildman–Crippen LogP) is -0.0134. The van der Waals surface area contributed by atoms with E-state index in [-0.39, 0.29) is 5.91 Å². The molecule has 2 rings (SSSR count). The van der Waals surface area contributed by atoms with Crippen molar-refractivity contribution in [1.82, 2.24) is 10.3 Å². The van der Waals surface area contributed by atoms with Gasteiger partial charge in [-0.2, -0.15) is 0 Å². The number of carbonyl (C=O) groups excluding carboxylic acids is 2. The van der Waals surface area contributed by atoms with Crippen LogP contribution >= 0.6 is 0 Å². The van der Waals surface area contributed by atoms with Gasteiger partial charge in [-0.25, -0.2) is 4.79 Å². The summed E-state index contributed by atoms with van der Waals surface area (Å²) in [6.07, 6.45) is 3.50. The second-order valence-electron chi connectivity index (χ2n) is 3.46. The number of nitrogens with zero attached hydrogens (tertiary/aromatic N) is 2. The number of pyridine rings is 1. The second kappa shape index (κ2) is 4.28. The number of imide groups is 1. The van der Waals surface area contributed by atoms with Crippen molar-refractivity contribution >= 4 is 17.6 Å². The summed E-state index contributed by atoms with van der Waals surface area (Å²) in [6, 6.07) is 1.35. The molecule has 1 aromatic rings. The Bertz CT molecular complexity index is 433. The van der Waals surface area contributed by atoms with E-state index >= 15 is 0 Å². The average molecular weight is 220 g/mol. The minimum atomic E-state index is -0.418. The Morgan fingerprint density at radius 2 is 2.31 bits per heavy atom. The van der Waals surface area contributed by atoms with Gasteiger partial charge in [0.25, 0.3) is 0 Å². The van der Waals surface area contributed by atoms with Crippen LogP contribution in [-0.4, -0.2) is 23.5 Å². The zero-order chi connectivity index (χ0) is 11.5. The van der Waals surface area contributed by atoms with Crippen molar-refractivity contribution in [3.8, 4) is 0 Å². The van der Waals surface area contributed by atoms with Crippen LogP contribution in [0.15, 0.2) is 18.5 Å². The fourth-order valence-corrected chi connectivity index (χ4v) is 1.62. The van der Waals surface area contributed by atoms with Gasteiger partial charge in [0.1, 0.15) is 0 Å². The van der Waals surface area contributed by atoms with Gasteiger partial charge in [0.15, 0.2) is 0 Å². The summed E-state index contributed by atoms with van der Waals surface area (Å²) in [6.45, 7) is 0.693. The molecular formula is C10H12N4O2. The molecule has 0 aromatic carbocycles. The highest BCUT2D eigenvalue weighted by molar-refractivity contribution is 6.05. The van der Waals surface area contributed by atoms with Crippen molar-refractivity contribution in [2.24, 2.45) is 5.73 Å². The van der Waals surface area contributed by atoms with Crippen molar-refractivity contribution in [3.05, 3.63) is 24.0 Å². The molecule has 0 unspecified atom stereocenters. The number of carbonyl (C=O) groups is 2. The van der Waals surface area contributed by atoms with Crippen LogP contribution in [0.4, 0.5) is 10.5 Å². The highest BCUT2D eigenvalue weighted by Gasteiger charge is 2.25. The quantitative estimate of drug-likeness (QED) is 0.733. The van der Waals surface area contributed by atoms with E-state index in [2.05, 4.69) is 10.3 Å². The van der Waals surface area contributed by atoms with Gasteiger partial charge in [0, 0.05) is 25.7 Å². The molecule has 6 nitrogen and oxygen atoms in total. The molecule has 0 aliphatic carbocycles. The largest absolute Gasteiger partial charge is 0.328 e. The highest BCUT2D eigenvalue weighted by Crippen LogP contribution is 2.20. The first kappa shape index (κ1) is 10.6. The lowest BCUT2D eigenvalue weighted by Gasteiger charge is -2.27. The molecule has 1 fully saturated rings. The van der Waals surface area contributed by atoms with Gasteiger partial charge >= 0.3 is 6.03 Å². The molecule has 16 heavy (non-hydrogen) atoms. The van der Waals surface area contributed by atoms with Crippen molar-refractivity contribution < 1.29 is 9.59 Å². The maximum Gasteiger partial charge on any atom is 0.328 e. The predicted molar refractivity (Wildman–Crippen MR) is 57.6 cm³/mol. The summed E-state index contributed by atoms with van der Waals surface area (Å²) in [5.74, 6) is -0.251. The molecule has 0 radical (unpaired) electrons. The van der Waals surface area contributed by atoms with Crippen LogP contribution in [0.25, 0.3) is 0 Å². The van der Waals surface area contributed by atoms with Crippen LogP contribution in [0, 0.1) is 0 Å². The molecule has 1 aliphatic rings. The average Bonchev–Trinajstić information content (AvgIpc) is 2.29. The maximum atomic E-state index is 11.6. The Morgan fingerprint density at radius 3 is 3.00 bits per heavy atom. The molecular weight excluding hydrogens is 208 g/mol. The van der Waals surface area contributed by atoms with Gasteiger partial charge in [0.05, 0.1) is 11.9 Å². The summed E-state index contributed by atoms with van der Waals surface area (Å²) in [5, 5.41) is 2.26. The Labute approximate surface area is 92.4 Å². The smallest absolute Gasteiger partial charge is 0.326 e. The maximum absolute atomic E-state index is 11.6. The molecule has 0 bridgehead atoms. The summed E-state index contributed by atoms with van der Waals surface area (Å²) in [5.41, 5.74) is 7.07. The van der Waals surface area contributed by atoms with Gasteiger partial charge in [-0.1, -0.05) is 0 Å². The zero-order valence-corrected chi connectivity index (χ0v) is 8.64. The fraction of sp³-hybridized carbons (Fsp3) is 0.300. The molecule has 3 amide bonds. The van der Waals surface area contributed by atoms with E-state index in [1.807, 2.05) is 0 Å². The number of rotatable bonds is 2. The Hall–Kier alpha value is -1.95. The Morgan fingerprint density at radius 1 is 1.50 bits per heavy atom. The number of anilines is 1. The van der Waals surface area contributed by atoms with Crippen molar-refractivity contribution in [2.45, 2.75) is 13.0 Å². The minimum Gasteiger partial charge on any atom is -0.326 e. The van der Waals surface area contributed by atoms with Crippen LogP contribution in [0.2, 0.25) is 0 Å². The molecule has 3 N–H and O–H groups in total. The molecule has 1 aromatic heterocycles. The summed E-state index contributed by atoms with van der Waals surface area (Å²) < 4.78 is 0. The lowest BCUT2D eigenvalue weighted by molar-refractivity contribution is -0.120. The van der Waals surface area contributed by atoms with E-state index < -0.39 is 6.03 Å². The Kier molecular flexibility index (Phi) is 2.82. The van der Waals surface area contributed by atoms with E-state index in [0.717, 1.165) is 5.56 Å². The van der Waals surface area contributed by atoms with Gasteiger partial charge in [-0.15, -0.1) is 0 Å². The van der Waals surface area contributed by atoms with Crippen LogP contribution < -0.4 is 16.0 Å².